The molecule has 1 saturated heterocycles. The number of thioether (sulfide) groups is 1. The van der Waals surface area contributed by atoms with Gasteiger partial charge in [-0.15, -0.1) is 0 Å². The second kappa shape index (κ2) is 8.80. The van der Waals surface area contributed by atoms with Crippen LogP contribution in [0.2, 0.25) is 15.1 Å². The summed E-state index contributed by atoms with van der Waals surface area (Å²) in [7, 11) is 0. The Labute approximate surface area is 195 Å². The number of nitrogens with zero attached hydrogens (tertiary/aromatic N) is 1. The molecular weight excluding hydrogens is 483 g/mol. The summed E-state index contributed by atoms with van der Waals surface area (Å²) in [5.41, 5.74) is 0.963. The van der Waals surface area contributed by atoms with Crippen molar-refractivity contribution in [2.75, 3.05) is 0 Å². The predicted octanol–water partition coefficient (Wildman–Crippen LogP) is 6.50. The van der Waals surface area contributed by atoms with Crippen LogP contribution in [0.5, 0.6) is 0 Å². The van der Waals surface area contributed by atoms with Crippen molar-refractivity contribution in [1.82, 2.24) is 5.32 Å². The van der Waals surface area contributed by atoms with E-state index in [1.807, 2.05) is 0 Å². The molecule has 0 atom stereocenters. The van der Waals surface area contributed by atoms with Crippen molar-refractivity contribution in [2.45, 2.75) is 0 Å². The number of carbonyl (C=O) groups excluding carboxylic acids is 1. The number of amidine groups is 1. The van der Waals surface area contributed by atoms with E-state index in [9.17, 15) is 14.7 Å². The summed E-state index contributed by atoms with van der Waals surface area (Å²) in [4.78, 5) is 28.3. The van der Waals surface area contributed by atoms with E-state index >= 15 is 0 Å². The molecule has 0 bridgehead atoms. The molecule has 0 radical (unpaired) electrons. The molecule has 3 aromatic rings. The van der Waals surface area contributed by atoms with Gasteiger partial charge in [0.2, 0.25) is 0 Å². The molecule has 0 aliphatic carbocycles. The summed E-state index contributed by atoms with van der Waals surface area (Å²) in [6.07, 6.45) is 1.57. The second-order valence-corrected chi connectivity index (χ2v) is 8.48. The standard InChI is InChI=1S/C21H11Cl3N2O4S/c22-13-6-4-10(8-12(13)20(28)29)16-7-5-11(30-16)9-17-19(27)26-21(31-17)25-15-3-1-2-14(23)18(15)24/h1-9H,(H,28,29)(H,25,26,27)/b17-9+. The van der Waals surface area contributed by atoms with Gasteiger partial charge >= 0.3 is 5.97 Å². The van der Waals surface area contributed by atoms with E-state index in [0.717, 1.165) is 11.8 Å². The van der Waals surface area contributed by atoms with Gasteiger partial charge in [-0.1, -0.05) is 40.9 Å². The molecule has 2 aromatic carbocycles. The lowest BCUT2D eigenvalue weighted by molar-refractivity contribution is -0.115. The van der Waals surface area contributed by atoms with Gasteiger partial charge in [0.05, 0.1) is 31.2 Å². The van der Waals surface area contributed by atoms with Crippen molar-refractivity contribution in [3.05, 3.63) is 79.8 Å². The zero-order valence-electron chi connectivity index (χ0n) is 15.4. The number of furan rings is 1. The van der Waals surface area contributed by atoms with Crippen LogP contribution in [0.4, 0.5) is 5.69 Å². The van der Waals surface area contributed by atoms with Gasteiger partial charge in [-0.25, -0.2) is 9.79 Å². The van der Waals surface area contributed by atoms with Crippen LogP contribution in [0.1, 0.15) is 16.1 Å². The van der Waals surface area contributed by atoms with Crippen LogP contribution in [-0.4, -0.2) is 22.2 Å². The smallest absolute Gasteiger partial charge is 0.337 e. The molecule has 10 heteroatoms. The third-order valence-corrected chi connectivity index (χ3v) is 6.23. The number of amides is 1. The number of carboxylic acid groups (broad SMARTS) is 1. The van der Waals surface area contributed by atoms with E-state index in [2.05, 4.69) is 10.3 Å². The lowest BCUT2D eigenvalue weighted by atomic mass is 10.1. The van der Waals surface area contributed by atoms with Gasteiger partial charge in [0.15, 0.2) is 5.17 Å². The third kappa shape index (κ3) is 4.65. The first-order valence-corrected chi connectivity index (χ1v) is 10.6. The number of aromatic carboxylic acids is 1. The van der Waals surface area contributed by atoms with Gasteiger partial charge < -0.3 is 14.8 Å². The SMILES string of the molecule is O=C1NC(=Nc2cccc(Cl)c2Cl)S/C1=C/c1ccc(-c2ccc(Cl)c(C(=O)O)c2)o1. The van der Waals surface area contributed by atoms with Crippen molar-refractivity contribution < 1.29 is 19.1 Å². The number of halogens is 3. The Morgan fingerprint density at radius 2 is 1.90 bits per heavy atom. The average molecular weight is 494 g/mol. The van der Waals surface area contributed by atoms with E-state index in [0.29, 0.717) is 42.9 Å². The quantitative estimate of drug-likeness (QED) is 0.405. The van der Waals surface area contributed by atoms with E-state index in [1.165, 1.54) is 12.1 Å². The number of benzene rings is 2. The third-order valence-electron chi connectivity index (χ3n) is 4.19. The Kier molecular flexibility index (Phi) is 6.11. The summed E-state index contributed by atoms with van der Waals surface area (Å²) < 4.78 is 5.76. The average Bonchev–Trinajstić information content (AvgIpc) is 3.32. The van der Waals surface area contributed by atoms with Crippen molar-refractivity contribution in [3.8, 4) is 11.3 Å². The molecule has 6 nitrogen and oxygen atoms in total. The minimum absolute atomic E-state index is 0.0262. The molecule has 31 heavy (non-hydrogen) atoms. The number of aliphatic imine (C=N–C) groups is 1. The van der Waals surface area contributed by atoms with Gasteiger partial charge in [0.25, 0.3) is 5.91 Å². The maximum absolute atomic E-state index is 12.3. The van der Waals surface area contributed by atoms with Gasteiger partial charge in [-0.05, 0) is 54.2 Å². The summed E-state index contributed by atoms with van der Waals surface area (Å²) in [6.45, 7) is 0. The lowest BCUT2D eigenvalue weighted by Gasteiger charge is -2.02. The zero-order chi connectivity index (χ0) is 22.1. The van der Waals surface area contributed by atoms with Gasteiger partial charge in [0, 0.05) is 11.6 Å². The fourth-order valence-electron chi connectivity index (χ4n) is 2.73. The number of nitrogens with one attached hydrogen (secondary N) is 1. The Morgan fingerprint density at radius 3 is 2.68 bits per heavy atom. The van der Waals surface area contributed by atoms with Crippen LogP contribution in [0.25, 0.3) is 17.4 Å². The molecule has 1 aromatic heterocycles. The van der Waals surface area contributed by atoms with E-state index in [1.54, 1.807) is 42.5 Å². The van der Waals surface area contributed by atoms with Crippen molar-refractivity contribution in [3.63, 3.8) is 0 Å². The summed E-state index contributed by atoms with van der Waals surface area (Å²) >= 11 is 19.2. The van der Waals surface area contributed by atoms with Crippen LogP contribution >= 0.6 is 46.6 Å². The fourth-order valence-corrected chi connectivity index (χ4v) is 4.08. The Morgan fingerprint density at radius 1 is 1.10 bits per heavy atom. The van der Waals surface area contributed by atoms with E-state index in [-0.39, 0.29) is 16.5 Å². The topological polar surface area (TPSA) is 91.9 Å². The van der Waals surface area contributed by atoms with Crippen LogP contribution in [0, 0.1) is 0 Å². The van der Waals surface area contributed by atoms with E-state index in [4.69, 9.17) is 39.2 Å². The molecule has 0 spiro atoms. The highest BCUT2D eigenvalue weighted by Crippen LogP contribution is 2.35. The molecule has 1 aliphatic heterocycles. The van der Waals surface area contributed by atoms with Gasteiger partial charge in [-0.3, -0.25) is 4.79 Å². The molecule has 2 N–H and O–H groups in total. The first kappa shape index (κ1) is 21.5. The second-order valence-electron chi connectivity index (χ2n) is 6.26. The molecule has 156 valence electrons. The Balaban J connectivity index is 1.58. The molecule has 1 fully saturated rings. The summed E-state index contributed by atoms with van der Waals surface area (Å²) in [5.74, 6) is -0.610. The molecular formula is C21H11Cl3N2O4S. The normalized spacial score (nSPS) is 16.2. The number of rotatable bonds is 4. The first-order valence-electron chi connectivity index (χ1n) is 8.68. The molecule has 1 aliphatic rings. The number of carbonyl (C=O) groups is 2. The fraction of sp³-hybridized carbons (Fsp3) is 0. The highest BCUT2D eigenvalue weighted by molar-refractivity contribution is 8.18. The predicted molar refractivity (Wildman–Crippen MR) is 123 cm³/mol. The van der Waals surface area contributed by atoms with Crippen LogP contribution in [-0.2, 0) is 4.79 Å². The van der Waals surface area contributed by atoms with Crippen LogP contribution in [0.15, 0.2) is 62.8 Å². The van der Waals surface area contributed by atoms with E-state index < -0.39 is 5.97 Å². The largest absolute Gasteiger partial charge is 0.478 e. The minimum atomic E-state index is -1.13. The maximum Gasteiger partial charge on any atom is 0.337 e. The maximum atomic E-state index is 12.3. The van der Waals surface area contributed by atoms with Crippen LogP contribution < -0.4 is 5.32 Å². The molecule has 2 heterocycles. The van der Waals surface area contributed by atoms with Crippen molar-refractivity contribution in [2.24, 2.45) is 4.99 Å². The minimum Gasteiger partial charge on any atom is -0.478 e. The molecule has 4 rings (SSSR count). The molecule has 0 saturated carbocycles. The highest BCUT2D eigenvalue weighted by Gasteiger charge is 2.25. The number of hydrogen-bond donors (Lipinski definition) is 2. The van der Waals surface area contributed by atoms with Crippen LogP contribution in [0.3, 0.4) is 0 Å². The number of carboxylic acids is 1. The first-order chi connectivity index (χ1) is 14.8. The number of hydrogen-bond acceptors (Lipinski definition) is 5. The molecule has 1 amide bonds. The van der Waals surface area contributed by atoms with Crippen molar-refractivity contribution >= 4 is 75.4 Å². The van der Waals surface area contributed by atoms with Gasteiger partial charge in [-0.2, -0.15) is 0 Å². The monoisotopic (exact) mass is 492 g/mol. The summed E-state index contributed by atoms with van der Waals surface area (Å²) in [6, 6.07) is 13.0. The lowest BCUT2D eigenvalue weighted by Crippen LogP contribution is -2.19. The summed E-state index contributed by atoms with van der Waals surface area (Å²) in [5, 5.41) is 13.0. The Bertz CT molecular complexity index is 1280. The Hall–Kier alpha value is -2.71. The molecule has 0 unspecified atom stereocenters. The van der Waals surface area contributed by atoms with Crippen molar-refractivity contribution in [1.29, 1.82) is 0 Å². The highest BCUT2D eigenvalue weighted by atomic mass is 35.5. The van der Waals surface area contributed by atoms with Gasteiger partial charge in [0.1, 0.15) is 11.5 Å². The zero-order valence-corrected chi connectivity index (χ0v) is 18.4.